The Labute approximate surface area is 114 Å². The van der Waals surface area contributed by atoms with Crippen molar-refractivity contribution in [3.8, 4) is 0 Å². The molecule has 0 saturated carbocycles. The molecule has 2 rings (SSSR count). The Morgan fingerprint density at radius 1 is 1.37 bits per heavy atom. The Bertz CT molecular complexity index is 411. The fourth-order valence-electron chi connectivity index (χ4n) is 1.85. The second kappa shape index (κ2) is 6.68. The second-order valence-electron chi connectivity index (χ2n) is 5.29. The van der Waals surface area contributed by atoms with Crippen molar-refractivity contribution < 1.29 is 9.53 Å². The van der Waals surface area contributed by atoms with Crippen molar-refractivity contribution in [3.63, 3.8) is 0 Å². The lowest BCUT2D eigenvalue weighted by molar-refractivity contribution is 0.0656. The van der Waals surface area contributed by atoms with Gasteiger partial charge in [0.05, 0.1) is 12.7 Å². The molecule has 19 heavy (non-hydrogen) atoms. The quantitative estimate of drug-likeness (QED) is 0.818. The predicted molar refractivity (Wildman–Crippen MR) is 75.1 cm³/mol. The first-order chi connectivity index (χ1) is 9.15. The van der Waals surface area contributed by atoms with Crippen LogP contribution in [0.5, 0.6) is 0 Å². The van der Waals surface area contributed by atoms with Gasteiger partial charge in [0.15, 0.2) is 0 Å². The van der Waals surface area contributed by atoms with Gasteiger partial charge in [-0.25, -0.2) is 0 Å². The molecule has 0 radical (unpaired) electrons. The highest BCUT2D eigenvalue weighted by Crippen LogP contribution is 2.08. The van der Waals surface area contributed by atoms with Gasteiger partial charge in [0.25, 0.3) is 5.91 Å². The van der Waals surface area contributed by atoms with Crippen molar-refractivity contribution in [3.05, 3.63) is 35.4 Å². The van der Waals surface area contributed by atoms with Gasteiger partial charge in [-0.3, -0.25) is 4.79 Å². The molecule has 0 aliphatic carbocycles. The Morgan fingerprint density at radius 2 is 2.05 bits per heavy atom. The summed E-state index contributed by atoms with van der Waals surface area (Å²) in [5, 5.41) is 6.15. The highest BCUT2D eigenvalue weighted by atomic mass is 16.5. The van der Waals surface area contributed by atoms with Gasteiger partial charge < -0.3 is 15.4 Å². The molecule has 1 fully saturated rings. The molecule has 1 heterocycles. The third kappa shape index (κ3) is 4.33. The molecule has 1 aromatic rings. The third-order valence-corrected chi connectivity index (χ3v) is 3.22. The van der Waals surface area contributed by atoms with Gasteiger partial charge in [-0.1, -0.05) is 12.1 Å². The van der Waals surface area contributed by atoms with Gasteiger partial charge in [-0.05, 0) is 31.5 Å². The third-order valence-electron chi connectivity index (χ3n) is 3.22. The summed E-state index contributed by atoms with van der Waals surface area (Å²) in [6.07, 6.45) is 0.221. The van der Waals surface area contributed by atoms with Crippen LogP contribution in [0.25, 0.3) is 0 Å². The van der Waals surface area contributed by atoms with E-state index < -0.39 is 0 Å². The molecule has 0 bridgehead atoms. The molecule has 0 aromatic heterocycles. The van der Waals surface area contributed by atoms with E-state index in [-0.39, 0.29) is 12.0 Å². The van der Waals surface area contributed by atoms with Crippen LogP contribution in [-0.2, 0) is 11.3 Å². The van der Waals surface area contributed by atoms with Crippen molar-refractivity contribution >= 4 is 5.91 Å². The SMILES string of the molecule is CC(C)OCc1ccc(C(=O)NCC2CNC2)cc1. The second-order valence-corrected chi connectivity index (χ2v) is 5.29. The normalized spacial score (nSPS) is 15.3. The summed E-state index contributed by atoms with van der Waals surface area (Å²) in [5.74, 6) is 0.589. The van der Waals surface area contributed by atoms with E-state index in [4.69, 9.17) is 4.74 Å². The molecule has 1 saturated heterocycles. The van der Waals surface area contributed by atoms with Gasteiger partial charge in [-0.15, -0.1) is 0 Å². The van der Waals surface area contributed by atoms with Crippen molar-refractivity contribution in [1.29, 1.82) is 0 Å². The zero-order valence-corrected chi connectivity index (χ0v) is 11.6. The van der Waals surface area contributed by atoms with Crippen LogP contribution in [0.1, 0.15) is 29.8 Å². The Morgan fingerprint density at radius 3 is 2.58 bits per heavy atom. The smallest absolute Gasteiger partial charge is 0.251 e. The van der Waals surface area contributed by atoms with Gasteiger partial charge in [-0.2, -0.15) is 0 Å². The van der Waals surface area contributed by atoms with Gasteiger partial charge in [0, 0.05) is 31.1 Å². The maximum atomic E-state index is 11.9. The maximum absolute atomic E-state index is 11.9. The van der Waals surface area contributed by atoms with Crippen molar-refractivity contribution in [1.82, 2.24) is 10.6 Å². The molecule has 4 nitrogen and oxygen atoms in total. The summed E-state index contributed by atoms with van der Waals surface area (Å²) < 4.78 is 5.52. The van der Waals surface area contributed by atoms with Crippen molar-refractivity contribution in [2.75, 3.05) is 19.6 Å². The number of amides is 1. The standard InChI is InChI=1S/C15H22N2O2/c1-11(2)19-10-12-3-5-14(6-4-12)15(18)17-9-13-7-16-8-13/h3-6,11,13,16H,7-10H2,1-2H3,(H,17,18). The lowest BCUT2D eigenvalue weighted by Gasteiger charge is -2.27. The Balaban J connectivity index is 1.80. The van der Waals surface area contributed by atoms with Crippen LogP contribution in [0.2, 0.25) is 0 Å². The lowest BCUT2D eigenvalue weighted by Crippen LogP contribution is -2.48. The first-order valence-corrected chi connectivity index (χ1v) is 6.84. The zero-order chi connectivity index (χ0) is 13.7. The van der Waals surface area contributed by atoms with E-state index in [1.54, 1.807) is 0 Å². The number of benzene rings is 1. The minimum Gasteiger partial charge on any atom is -0.374 e. The number of ether oxygens (including phenoxy) is 1. The molecule has 4 heteroatoms. The lowest BCUT2D eigenvalue weighted by atomic mass is 10.0. The molecular weight excluding hydrogens is 240 g/mol. The zero-order valence-electron chi connectivity index (χ0n) is 11.6. The van der Waals surface area contributed by atoms with Crippen LogP contribution in [0, 0.1) is 5.92 Å². The van der Waals surface area contributed by atoms with E-state index in [0.717, 1.165) is 25.2 Å². The highest BCUT2D eigenvalue weighted by molar-refractivity contribution is 5.94. The molecule has 0 spiro atoms. The van der Waals surface area contributed by atoms with Crippen LogP contribution in [0.4, 0.5) is 0 Å². The number of hydrogen-bond acceptors (Lipinski definition) is 3. The highest BCUT2D eigenvalue weighted by Gasteiger charge is 2.17. The molecule has 1 aliphatic heterocycles. The van der Waals surface area contributed by atoms with E-state index in [2.05, 4.69) is 10.6 Å². The van der Waals surface area contributed by atoms with Crippen LogP contribution in [0.3, 0.4) is 0 Å². The molecular formula is C15H22N2O2. The largest absolute Gasteiger partial charge is 0.374 e. The summed E-state index contributed by atoms with van der Waals surface area (Å²) in [6.45, 7) is 7.38. The molecule has 0 atom stereocenters. The topological polar surface area (TPSA) is 50.4 Å². The summed E-state index contributed by atoms with van der Waals surface area (Å²) >= 11 is 0. The summed E-state index contributed by atoms with van der Waals surface area (Å²) in [7, 11) is 0. The minimum atomic E-state index is 0.00299. The average molecular weight is 262 g/mol. The molecule has 0 unspecified atom stereocenters. The van der Waals surface area contributed by atoms with E-state index >= 15 is 0 Å². The number of hydrogen-bond donors (Lipinski definition) is 2. The van der Waals surface area contributed by atoms with E-state index in [9.17, 15) is 4.79 Å². The molecule has 1 aliphatic rings. The van der Waals surface area contributed by atoms with Gasteiger partial charge in [0.1, 0.15) is 0 Å². The fraction of sp³-hybridized carbons (Fsp3) is 0.533. The summed E-state index contributed by atoms with van der Waals surface area (Å²) in [6, 6.07) is 7.60. The first kappa shape index (κ1) is 14.0. The predicted octanol–water partition coefficient (Wildman–Crippen LogP) is 1.56. The number of rotatable bonds is 6. The van der Waals surface area contributed by atoms with Gasteiger partial charge >= 0.3 is 0 Å². The summed E-state index contributed by atoms with van der Waals surface area (Å²) in [4.78, 5) is 11.9. The molecule has 2 N–H and O–H groups in total. The van der Waals surface area contributed by atoms with Crippen LogP contribution < -0.4 is 10.6 Å². The van der Waals surface area contributed by atoms with Crippen molar-refractivity contribution in [2.24, 2.45) is 5.92 Å². The van der Waals surface area contributed by atoms with E-state index in [1.165, 1.54) is 0 Å². The minimum absolute atomic E-state index is 0.00299. The number of nitrogens with one attached hydrogen (secondary N) is 2. The average Bonchev–Trinajstić information content (AvgIpc) is 2.35. The summed E-state index contributed by atoms with van der Waals surface area (Å²) in [5.41, 5.74) is 1.80. The Kier molecular flexibility index (Phi) is 4.93. The monoisotopic (exact) mass is 262 g/mol. The number of carbonyl (C=O) groups is 1. The maximum Gasteiger partial charge on any atom is 0.251 e. The van der Waals surface area contributed by atoms with E-state index in [0.29, 0.717) is 18.1 Å². The van der Waals surface area contributed by atoms with E-state index in [1.807, 2.05) is 38.1 Å². The van der Waals surface area contributed by atoms with Crippen LogP contribution >= 0.6 is 0 Å². The molecule has 1 amide bonds. The fourth-order valence-corrected chi connectivity index (χ4v) is 1.85. The van der Waals surface area contributed by atoms with Gasteiger partial charge in [0.2, 0.25) is 0 Å². The molecule has 104 valence electrons. The molecule has 1 aromatic carbocycles. The number of carbonyl (C=O) groups excluding carboxylic acids is 1. The van der Waals surface area contributed by atoms with Crippen LogP contribution in [-0.4, -0.2) is 31.6 Å². The van der Waals surface area contributed by atoms with Crippen molar-refractivity contribution in [2.45, 2.75) is 26.6 Å². The van der Waals surface area contributed by atoms with Crippen LogP contribution in [0.15, 0.2) is 24.3 Å². The first-order valence-electron chi connectivity index (χ1n) is 6.84. The Hall–Kier alpha value is -1.39.